The average Bonchev–Trinajstić information content (AvgIpc) is 2.64. The monoisotopic (exact) mass is 340 g/mol. The summed E-state index contributed by atoms with van der Waals surface area (Å²) >= 11 is 0. The van der Waals surface area contributed by atoms with Crippen molar-refractivity contribution in [3.8, 4) is 0 Å². The van der Waals surface area contributed by atoms with E-state index in [-0.39, 0.29) is 5.92 Å². The predicted molar refractivity (Wildman–Crippen MR) is 113 cm³/mol. The molecule has 25 heavy (non-hydrogen) atoms. The molecule has 0 rings (SSSR count). The lowest BCUT2D eigenvalue weighted by molar-refractivity contribution is -0.111. The summed E-state index contributed by atoms with van der Waals surface area (Å²) in [5.41, 5.74) is 0. The Bertz CT molecular complexity index is 460. The highest BCUT2D eigenvalue weighted by Crippen LogP contribution is 2.05. The van der Waals surface area contributed by atoms with Crippen molar-refractivity contribution in [1.29, 1.82) is 0 Å². The Morgan fingerprint density at radius 3 is 1.24 bits per heavy atom. The number of rotatable bonds is 15. The van der Waals surface area contributed by atoms with Gasteiger partial charge in [-0.15, -0.1) is 0 Å². The lowest BCUT2D eigenvalue weighted by Gasteiger charge is -2.00. The second-order valence-corrected chi connectivity index (χ2v) is 5.96. The molecule has 0 bridgehead atoms. The molecule has 1 heteroatoms. The first-order valence-electron chi connectivity index (χ1n) is 9.70. The Hall–Kier alpha value is -1.89. The molecule has 0 aromatic heterocycles. The highest BCUT2D eigenvalue weighted by Gasteiger charge is 1.99. The molecular weight excluding hydrogens is 304 g/mol. The topological polar surface area (TPSA) is 17.1 Å². The minimum absolute atomic E-state index is 0.185. The molecule has 0 fully saturated rings. The van der Waals surface area contributed by atoms with Crippen LogP contribution in [0.2, 0.25) is 0 Å². The van der Waals surface area contributed by atoms with E-state index < -0.39 is 0 Å². The summed E-state index contributed by atoms with van der Waals surface area (Å²) in [6, 6.07) is 0. The van der Waals surface area contributed by atoms with Crippen molar-refractivity contribution in [1.82, 2.24) is 0 Å². The summed E-state index contributed by atoms with van der Waals surface area (Å²) in [5, 5.41) is 0. The first-order chi connectivity index (χ1) is 12.3. The quantitative estimate of drug-likeness (QED) is 0.226. The van der Waals surface area contributed by atoms with E-state index in [1.165, 1.54) is 0 Å². The number of hydrogen-bond donors (Lipinski definition) is 0. The van der Waals surface area contributed by atoms with E-state index in [0.29, 0.717) is 0 Å². The van der Waals surface area contributed by atoms with Gasteiger partial charge >= 0.3 is 0 Å². The van der Waals surface area contributed by atoms with Crippen LogP contribution >= 0.6 is 0 Å². The van der Waals surface area contributed by atoms with Gasteiger partial charge in [0.05, 0.1) is 0 Å². The van der Waals surface area contributed by atoms with E-state index in [1.54, 1.807) is 0 Å². The molecule has 0 spiro atoms. The van der Waals surface area contributed by atoms with Crippen LogP contribution in [0.3, 0.4) is 0 Å². The molecule has 0 heterocycles. The highest BCUT2D eigenvalue weighted by molar-refractivity contribution is 5.53. The molecule has 0 aliphatic heterocycles. The van der Waals surface area contributed by atoms with Crippen LogP contribution in [0.1, 0.15) is 65.2 Å². The third-order valence-electron chi connectivity index (χ3n) is 3.75. The average molecular weight is 341 g/mol. The SMILES string of the molecule is CC/C=C\C/C=C\C/C=C\C/C=C\C/C=C\C/C=C\CC(C=O)CC. The number of carbonyl (C=O) groups is 1. The largest absolute Gasteiger partial charge is 0.303 e. The van der Waals surface area contributed by atoms with Crippen LogP contribution in [0.4, 0.5) is 0 Å². The summed E-state index contributed by atoms with van der Waals surface area (Å²) in [7, 11) is 0. The zero-order valence-electron chi connectivity index (χ0n) is 16.1. The fourth-order valence-corrected chi connectivity index (χ4v) is 2.11. The van der Waals surface area contributed by atoms with Crippen molar-refractivity contribution in [2.75, 3.05) is 0 Å². The molecule has 0 aromatic rings. The van der Waals surface area contributed by atoms with E-state index in [0.717, 1.165) is 57.7 Å². The van der Waals surface area contributed by atoms with Gasteiger partial charge < -0.3 is 4.79 Å². The smallest absolute Gasteiger partial charge is 0.123 e. The zero-order valence-corrected chi connectivity index (χ0v) is 16.1. The van der Waals surface area contributed by atoms with Crippen molar-refractivity contribution in [2.24, 2.45) is 5.92 Å². The summed E-state index contributed by atoms with van der Waals surface area (Å²) < 4.78 is 0. The third kappa shape index (κ3) is 18.3. The lowest BCUT2D eigenvalue weighted by atomic mass is 10.0. The van der Waals surface area contributed by atoms with E-state index >= 15 is 0 Å². The molecule has 0 saturated heterocycles. The standard InChI is InChI=1S/C24H36O/c1-3-5-6-7-8-9-10-11-12-13-14-15-16-17-18-19-20-21-22-24(4-2)23-25/h5-6,8-9,11-12,14-15,17-18,20-21,23-24H,3-4,7,10,13,16,19,22H2,1-2H3/b6-5-,9-8-,12-11-,15-14-,18-17-,21-20-. The van der Waals surface area contributed by atoms with Gasteiger partial charge in [-0.05, 0) is 51.4 Å². The first kappa shape index (κ1) is 23.1. The van der Waals surface area contributed by atoms with Crippen LogP contribution in [0, 0.1) is 5.92 Å². The van der Waals surface area contributed by atoms with Crippen molar-refractivity contribution >= 4 is 6.29 Å². The van der Waals surface area contributed by atoms with Crippen LogP contribution in [-0.2, 0) is 4.79 Å². The maximum absolute atomic E-state index is 10.7. The van der Waals surface area contributed by atoms with Gasteiger partial charge in [-0.3, -0.25) is 0 Å². The summed E-state index contributed by atoms with van der Waals surface area (Å²) in [6.45, 7) is 4.21. The van der Waals surface area contributed by atoms with Gasteiger partial charge in [0.2, 0.25) is 0 Å². The van der Waals surface area contributed by atoms with E-state index in [1.807, 2.05) is 0 Å². The van der Waals surface area contributed by atoms with Gasteiger partial charge in [0.25, 0.3) is 0 Å². The van der Waals surface area contributed by atoms with Crippen LogP contribution in [0.15, 0.2) is 72.9 Å². The molecule has 0 radical (unpaired) electrons. The van der Waals surface area contributed by atoms with Crippen LogP contribution < -0.4 is 0 Å². The van der Waals surface area contributed by atoms with E-state index in [4.69, 9.17) is 0 Å². The normalized spacial score (nSPS) is 14.3. The van der Waals surface area contributed by atoms with Gasteiger partial charge in [0.1, 0.15) is 6.29 Å². The molecule has 138 valence electrons. The van der Waals surface area contributed by atoms with Gasteiger partial charge in [-0.1, -0.05) is 86.8 Å². The van der Waals surface area contributed by atoms with Gasteiger partial charge in [0, 0.05) is 5.92 Å². The molecule has 0 N–H and O–H groups in total. The van der Waals surface area contributed by atoms with E-state index in [2.05, 4.69) is 86.8 Å². The summed E-state index contributed by atoms with van der Waals surface area (Å²) in [5.74, 6) is 0.185. The maximum atomic E-state index is 10.7. The Morgan fingerprint density at radius 1 is 0.560 bits per heavy atom. The maximum Gasteiger partial charge on any atom is 0.123 e. The van der Waals surface area contributed by atoms with Crippen molar-refractivity contribution in [3.63, 3.8) is 0 Å². The van der Waals surface area contributed by atoms with Crippen molar-refractivity contribution < 1.29 is 4.79 Å². The second kappa shape index (κ2) is 20.2. The molecule has 1 atom stereocenters. The molecule has 1 unspecified atom stereocenters. The first-order valence-corrected chi connectivity index (χ1v) is 9.70. The van der Waals surface area contributed by atoms with Crippen LogP contribution in [0.5, 0.6) is 0 Å². The van der Waals surface area contributed by atoms with Crippen molar-refractivity contribution in [3.05, 3.63) is 72.9 Å². The number of hydrogen-bond acceptors (Lipinski definition) is 1. The van der Waals surface area contributed by atoms with Crippen LogP contribution in [0.25, 0.3) is 0 Å². The third-order valence-corrected chi connectivity index (χ3v) is 3.75. The summed E-state index contributed by atoms with van der Waals surface area (Å²) in [4.78, 5) is 10.7. The van der Waals surface area contributed by atoms with Gasteiger partial charge in [-0.25, -0.2) is 0 Å². The Labute approximate surface area is 155 Å². The van der Waals surface area contributed by atoms with E-state index in [9.17, 15) is 4.79 Å². The second-order valence-electron chi connectivity index (χ2n) is 5.96. The van der Waals surface area contributed by atoms with Crippen LogP contribution in [-0.4, -0.2) is 6.29 Å². The molecule has 0 aliphatic carbocycles. The lowest BCUT2D eigenvalue weighted by Crippen LogP contribution is -1.96. The minimum atomic E-state index is 0.185. The Morgan fingerprint density at radius 2 is 0.920 bits per heavy atom. The molecule has 0 saturated carbocycles. The zero-order chi connectivity index (χ0) is 18.4. The molecule has 0 amide bonds. The Balaban J connectivity index is 3.59. The number of carbonyl (C=O) groups excluding carboxylic acids is 1. The molecule has 0 aliphatic rings. The minimum Gasteiger partial charge on any atom is -0.303 e. The molecular formula is C24H36O. The fraction of sp³-hybridized carbons (Fsp3) is 0.458. The molecule has 0 aromatic carbocycles. The fourth-order valence-electron chi connectivity index (χ4n) is 2.11. The number of aldehydes is 1. The Kier molecular flexibility index (Phi) is 18.6. The number of allylic oxidation sites excluding steroid dienone is 12. The molecule has 1 nitrogen and oxygen atoms in total. The van der Waals surface area contributed by atoms with Gasteiger partial charge in [0.15, 0.2) is 0 Å². The van der Waals surface area contributed by atoms with Gasteiger partial charge in [-0.2, -0.15) is 0 Å². The predicted octanol–water partition coefficient (Wildman–Crippen LogP) is 7.30. The van der Waals surface area contributed by atoms with Crippen molar-refractivity contribution in [2.45, 2.75) is 65.2 Å². The highest BCUT2D eigenvalue weighted by atomic mass is 16.1. The summed E-state index contributed by atoms with van der Waals surface area (Å²) in [6.07, 6.45) is 35.3.